The number of fused-ring (bicyclic) bond motifs is 7. The molecule has 10 aliphatic rings. The number of hydrogen-bond acceptors (Lipinski definition) is 31. The Labute approximate surface area is 878 Å². The number of rotatable bonds is 14. The highest BCUT2D eigenvalue weighted by Gasteiger charge is 2.32. The number of halogens is 5. The molecule has 11 aromatic heterocycles. The smallest absolute Gasteiger partial charge is 0.321 e. The third-order valence-electron chi connectivity index (χ3n) is 25.9. The van der Waals surface area contributed by atoms with Crippen LogP contribution in [0.3, 0.4) is 0 Å². The molecule has 0 amide bonds. The normalized spacial score (nSPS) is 15.7. The predicted molar refractivity (Wildman–Crippen MR) is 588 cm³/mol. The zero-order valence-corrected chi connectivity index (χ0v) is 85.5. The Hall–Kier alpha value is -15.5. The molecule has 742 valence electrons. The van der Waals surface area contributed by atoms with Gasteiger partial charge in [-0.2, -0.15) is 0 Å². The van der Waals surface area contributed by atoms with Crippen LogP contribution in [0.15, 0.2) is 293 Å². The first-order chi connectivity index (χ1) is 72.0. The van der Waals surface area contributed by atoms with Gasteiger partial charge in [-0.15, -0.1) is 0 Å². The minimum absolute atomic E-state index is 0.216. The van der Waals surface area contributed by atoms with Gasteiger partial charge in [0.05, 0.1) is 101 Å². The van der Waals surface area contributed by atoms with Crippen molar-refractivity contribution < 1.29 is 4.74 Å². The Morgan fingerprint density at radius 2 is 0.830 bits per heavy atom. The number of aromatic nitrogens is 15. The average molecular weight is 2050 g/mol. The van der Waals surface area contributed by atoms with Crippen molar-refractivity contribution in [2.24, 2.45) is 41.8 Å². The zero-order chi connectivity index (χ0) is 101. The van der Waals surface area contributed by atoms with Crippen LogP contribution in [-0.4, -0.2) is 142 Å². The molecule has 31 nitrogen and oxygen atoms in total. The third kappa shape index (κ3) is 25.2. The van der Waals surface area contributed by atoms with Gasteiger partial charge in [0, 0.05) is 162 Å². The highest BCUT2D eigenvalue weighted by molar-refractivity contribution is 6.34. The van der Waals surface area contributed by atoms with Crippen molar-refractivity contribution in [3.05, 3.63) is 384 Å². The van der Waals surface area contributed by atoms with E-state index >= 15 is 0 Å². The monoisotopic (exact) mass is 2050 g/mol. The number of aliphatic imine (C=N–C) groups is 6. The van der Waals surface area contributed by atoms with Gasteiger partial charge in [0.1, 0.15) is 63.7 Å². The maximum absolute atomic E-state index is 6.51. The molecule has 4 aromatic carbocycles. The molecular weight excluding hydrogens is 1950 g/mol. The summed E-state index contributed by atoms with van der Waals surface area (Å²) >= 11 is 31.5. The van der Waals surface area contributed by atoms with E-state index in [-0.39, 0.29) is 6.01 Å². The first-order valence-corrected chi connectivity index (χ1v) is 51.0. The highest BCUT2D eigenvalue weighted by atomic mass is 35.5. The molecule has 0 radical (unpaired) electrons. The molecule has 19 heterocycles. The molecule has 0 atom stereocenters. The van der Waals surface area contributed by atoms with E-state index < -0.39 is 0 Å². The van der Waals surface area contributed by atoms with Gasteiger partial charge >= 0.3 is 6.01 Å². The number of piperidine rings is 1. The number of pyridine rings is 7. The van der Waals surface area contributed by atoms with Gasteiger partial charge in [-0.25, -0.2) is 44.9 Å². The molecule has 36 heteroatoms. The van der Waals surface area contributed by atoms with Crippen molar-refractivity contribution in [1.82, 2.24) is 80.1 Å². The van der Waals surface area contributed by atoms with E-state index in [4.69, 9.17) is 62.7 Å². The van der Waals surface area contributed by atoms with Gasteiger partial charge in [0.2, 0.25) is 5.95 Å². The molecular formula is C111H107Cl5N30O. The number of ether oxygens (including phenoxy) is 1. The van der Waals surface area contributed by atoms with Gasteiger partial charge in [-0.1, -0.05) is 133 Å². The van der Waals surface area contributed by atoms with Crippen molar-refractivity contribution >= 4 is 150 Å². The largest absolute Gasteiger partial charge is 0.423 e. The summed E-state index contributed by atoms with van der Waals surface area (Å²) in [6.07, 6.45) is 40.4. The van der Waals surface area contributed by atoms with Crippen LogP contribution < -0.4 is 51.3 Å². The first-order valence-electron chi connectivity index (χ1n) is 49.1. The van der Waals surface area contributed by atoms with Gasteiger partial charge in [0.15, 0.2) is 29.2 Å². The summed E-state index contributed by atoms with van der Waals surface area (Å²) in [5, 5.41) is 23.3. The molecule has 0 spiro atoms. The SMILES string of the molecule is CC(C)C1CCC(NC2=NCc3cccnc32)CC1.Cc1ccc(NC2=NCc3cncnc32)cc1Cl.Cc1ccc(NC2=NCc3nccnc32)cc1Cl.Cc1cccc(NC2=CCc3cccnc32)c1.Clc1cc(N(C2=NCc3cccnc32)c2ncccn2)ccc1Oc1ncccn1.Clc1cc(NC2=NCc3cccnc32)cnc1N1CCCC1.Clc1cc(NC2=NCc3cccnc32)cnc1N1CCCCC1. The predicted octanol–water partition coefficient (Wildman–Crippen LogP) is 23.0. The van der Waals surface area contributed by atoms with Crippen LogP contribution in [0.2, 0.25) is 25.1 Å². The summed E-state index contributed by atoms with van der Waals surface area (Å²) in [5.41, 5.74) is 24.0. The number of benzene rings is 4. The van der Waals surface area contributed by atoms with Crippen LogP contribution in [0.25, 0.3) is 5.70 Å². The molecule has 25 rings (SSSR count). The lowest BCUT2D eigenvalue weighted by Gasteiger charge is -2.31. The summed E-state index contributed by atoms with van der Waals surface area (Å²) in [6, 6.07) is 53.6. The maximum atomic E-state index is 6.51. The van der Waals surface area contributed by atoms with Crippen molar-refractivity contribution in [2.45, 2.75) is 144 Å². The number of amidine groups is 6. The Morgan fingerprint density at radius 1 is 0.361 bits per heavy atom. The van der Waals surface area contributed by atoms with Gasteiger partial charge in [0.25, 0.3) is 0 Å². The fourth-order valence-electron chi connectivity index (χ4n) is 18.1. The molecule has 2 saturated heterocycles. The molecule has 15 aromatic rings. The van der Waals surface area contributed by atoms with Gasteiger partial charge < -0.3 is 46.4 Å². The molecule has 8 aliphatic heterocycles. The second kappa shape index (κ2) is 48.0. The van der Waals surface area contributed by atoms with E-state index in [2.05, 4.69) is 210 Å². The van der Waals surface area contributed by atoms with Crippen LogP contribution in [0, 0.1) is 32.6 Å². The number of anilines is 9. The van der Waals surface area contributed by atoms with E-state index in [9.17, 15) is 0 Å². The summed E-state index contributed by atoms with van der Waals surface area (Å²) < 4.78 is 5.68. The van der Waals surface area contributed by atoms with Crippen LogP contribution in [-0.2, 0) is 45.7 Å². The quantitative estimate of drug-likeness (QED) is 0.0589. The summed E-state index contributed by atoms with van der Waals surface area (Å²) in [5.74, 6) is 9.15. The Morgan fingerprint density at radius 3 is 1.39 bits per heavy atom. The maximum Gasteiger partial charge on any atom is 0.321 e. The number of allylic oxidation sites excluding steroid dienone is 1. The summed E-state index contributed by atoms with van der Waals surface area (Å²) in [6.45, 7) is 18.7. The van der Waals surface area contributed by atoms with E-state index in [0.717, 1.165) is 221 Å². The Bertz CT molecular complexity index is 7340. The number of nitrogens with one attached hydrogen (secondary N) is 6. The Balaban J connectivity index is 0.000000109. The van der Waals surface area contributed by atoms with Crippen LogP contribution in [0.1, 0.15) is 167 Å². The van der Waals surface area contributed by atoms with Crippen molar-refractivity contribution in [1.29, 1.82) is 0 Å². The standard InChI is InChI=1S/C21H14ClN7O.C17H18ClN5.C16H16ClN5.C16H23N3.C15H14N2.2C13H11ClN4/c22-16-12-15(5-6-17(16)30-21-26-10-3-11-27-21)29(20-24-8-2-9-25-20)19-18-14(13-28-19)4-1-7-23-18;18-14-9-13(11-21-17(14)23-7-2-1-3-8-23)22-16-15-12(10-20-16)5-4-6-19-15;17-13-8-12(10-20-16(13)22-6-1-2-7-22)21-15-14-11(9-19-15)4-3-5-18-14;1-11(2)12-5-7-14(8-6-12)19-16-15-13(10-18-16)4-3-9-17-15;1-11-4-2-6-13(10-11)17-14-8-7-12-5-3-9-16-15(12)14;1-8-2-3-10(4-11(8)14)18-13-12-9(6-16-13)5-15-7-17-12;1-8-2-3-9(6-10(8)14)18-13-12-11(7-17-13)15-4-5-16-12/h1-12H,13H2;4-6,9,11H,1-3,7-8,10H2,(H,20,22);3-5,8,10H,1-2,6-7,9H2,(H,19,21);3-4,9,11-12,14H,5-8,10H2,1-2H3,(H,18,19);2-6,8-10,17H,7H2,1H3;2-5,7H,6H2,1H3,(H,16,18);2-6H,7H2,1H3,(H,17,18). The molecule has 147 heavy (non-hydrogen) atoms. The fraction of sp³-hybridized carbons (Fsp3) is 0.252. The third-order valence-corrected chi connectivity index (χ3v) is 27.5. The van der Waals surface area contributed by atoms with Crippen molar-refractivity contribution in [2.75, 3.05) is 67.5 Å². The molecule has 3 fully saturated rings. The van der Waals surface area contributed by atoms with E-state index in [1.165, 1.54) is 80.8 Å². The Kier molecular flexibility index (Phi) is 32.7. The van der Waals surface area contributed by atoms with E-state index in [0.29, 0.717) is 71.4 Å². The van der Waals surface area contributed by atoms with E-state index in [1.807, 2.05) is 147 Å². The van der Waals surface area contributed by atoms with Crippen LogP contribution >= 0.6 is 58.0 Å². The van der Waals surface area contributed by atoms with Crippen LogP contribution in [0.5, 0.6) is 11.8 Å². The highest BCUT2D eigenvalue weighted by Crippen LogP contribution is 2.39. The zero-order valence-electron chi connectivity index (χ0n) is 81.7. The fourth-order valence-corrected chi connectivity index (χ4v) is 19.3. The number of nitrogens with zero attached hydrogens (tertiary/aromatic N) is 24. The summed E-state index contributed by atoms with van der Waals surface area (Å²) in [7, 11) is 0. The van der Waals surface area contributed by atoms with Crippen LogP contribution in [0.4, 0.5) is 51.7 Å². The molecule has 6 N–H and O–H groups in total. The van der Waals surface area contributed by atoms with Crippen molar-refractivity contribution in [3.8, 4) is 11.8 Å². The average Bonchev–Trinajstić information content (AvgIpc) is 1.67. The minimum atomic E-state index is 0.216. The van der Waals surface area contributed by atoms with Gasteiger partial charge in [-0.05, 0) is 228 Å². The molecule has 1 saturated carbocycles. The summed E-state index contributed by atoms with van der Waals surface area (Å²) in [4.78, 5) is 98.3. The molecule has 0 unspecified atom stereocenters. The number of hydrogen-bond donors (Lipinski definition) is 6. The lowest BCUT2D eigenvalue weighted by Crippen LogP contribution is -2.38. The first kappa shape index (κ1) is 100. The second-order valence-electron chi connectivity index (χ2n) is 36.4. The molecule has 0 bridgehead atoms. The second-order valence-corrected chi connectivity index (χ2v) is 38.5. The lowest BCUT2D eigenvalue weighted by molar-refractivity contribution is 0.251. The van der Waals surface area contributed by atoms with Gasteiger partial charge in [-0.3, -0.25) is 64.8 Å². The molecule has 2 aliphatic carbocycles. The lowest BCUT2D eigenvalue weighted by atomic mass is 9.79. The minimum Gasteiger partial charge on any atom is -0.423 e. The number of aryl methyl sites for hydroxylation is 3. The topological polar surface area (TPSA) is 359 Å². The van der Waals surface area contributed by atoms with E-state index in [1.54, 1.807) is 86.2 Å². The van der Waals surface area contributed by atoms with Crippen molar-refractivity contribution in [3.63, 3.8) is 0 Å².